The van der Waals surface area contributed by atoms with E-state index in [1.807, 2.05) is 6.92 Å². The first kappa shape index (κ1) is 19.5. The van der Waals surface area contributed by atoms with E-state index in [0.717, 1.165) is 6.42 Å². The summed E-state index contributed by atoms with van der Waals surface area (Å²) in [5.74, 6) is 0.250. The molecule has 1 atom stereocenters. The van der Waals surface area contributed by atoms with E-state index in [-0.39, 0.29) is 24.9 Å². The third-order valence-corrected chi connectivity index (χ3v) is 3.09. The van der Waals surface area contributed by atoms with Crippen LogP contribution >= 0.6 is 12.4 Å². The molecule has 120 valence electrons. The van der Waals surface area contributed by atoms with Crippen LogP contribution in [0.3, 0.4) is 0 Å². The molecule has 0 aromatic carbocycles. The summed E-state index contributed by atoms with van der Waals surface area (Å²) in [5, 5.41) is 2.71. The minimum atomic E-state index is -0.901. The molecule has 1 amide bonds. The molecule has 0 radical (unpaired) electrons. The lowest BCUT2D eigenvalue weighted by Gasteiger charge is -2.22. The van der Waals surface area contributed by atoms with Gasteiger partial charge in [-0.1, -0.05) is 13.3 Å². The standard InChI is InChI=1S/C14H22N2O4.ClH/c1-5-6-14(3,15)13(18)16-8-10-7-11(9(2)20-10)12(17)19-4;/h7H,5-6,8,15H2,1-4H3,(H,16,18);1H. The molecule has 1 unspecified atom stereocenters. The van der Waals surface area contributed by atoms with Gasteiger partial charge in [-0.3, -0.25) is 4.79 Å². The molecule has 0 fully saturated rings. The molecule has 21 heavy (non-hydrogen) atoms. The van der Waals surface area contributed by atoms with Crippen LogP contribution in [0.1, 0.15) is 48.6 Å². The molecule has 1 aromatic heterocycles. The molecular weight excluding hydrogens is 296 g/mol. The maximum absolute atomic E-state index is 11.9. The van der Waals surface area contributed by atoms with Gasteiger partial charge >= 0.3 is 5.97 Å². The van der Waals surface area contributed by atoms with Crippen LogP contribution in [0.15, 0.2) is 10.5 Å². The minimum absolute atomic E-state index is 0. The highest BCUT2D eigenvalue weighted by atomic mass is 35.5. The number of ether oxygens (including phenoxy) is 1. The van der Waals surface area contributed by atoms with Crippen molar-refractivity contribution >= 4 is 24.3 Å². The normalized spacial score (nSPS) is 13.0. The second-order valence-corrected chi connectivity index (χ2v) is 5.02. The number of hydrogen-bond donors (Lipinski definition) is 2. The Balaban J connectivity index is 0.00000400. The molecule has 0 bridgehead atoms. The number of hydrogen-bond acceptors (Lipinski definition) is 5. The van der Waals surface area contributed by atoms with Crippen LogP contribution in [0.4, 0.5) is 0 Å². The van der Waals surface area contributed by atoms with Gasteiger partial charge in [0.05, 0.1) is 19.2 Å². The van der Waals surface area contributed by atoms with Crippen molar-refractivity contribution in [2.45, 2.75) is 45.7 Å². The van der Waals surface area contributed by atoms with E-state index in [4.69, 9.17) is 10.2 Å². The number of nitrogens with two attached hydrogens (primary N) is 1. The van der Waals surface area contributed by atoms with Crippen LogP contribution in [0.5, 0.6) is 0 Å². The Hall–Kier alpha value is -1.53. The van der Waals surface area contributed by atoms with Gasteiger partial charge < -0.3 is 20.2 Å². The average Bonchev–Trinajstić information content (AvgIpc) is 2.76. The van der Waals surface area contributed by atoms with Crippen LogP contribution in [0.2, 0.25) is 0 Å². The summed E-state index contributed by atoms with van der Waals surface area (Å²) in [6, 6.07) is 1.56. The lowest BCUT2D eigenvalue weighted by molar-refractivity contribution is -0.126. The highest BCUT2D eigenvalue weighted by Gasteiger charge is 2.27. The van der Waals surface area contributed by atoms with E-state index in [1.54, 1.807) is 19.9 Å². The molecule has 0 saturated carbocycles. The molecule has 0 spiro atoms. The summed E-state index contributed by atoms with van der Waals surface area (Å²) < 4.78 is 10.0. The van der Waals surface area contributed by atoms with Crippen LogP contribution in [0, 0.1) is 6.92 Å². The maximum Gasteiger partial charge on any atom is 0.341 e. The number of rotatable bonds is 6. The number of halogens is 1. The Morgan fingerprint density at radius 1 is 1.48 bits per heavy atom. The molecule has 0 aliphatic rings. The first-order valence-electron chi connectivity index (χ1n) is 6.56. The van der Waals surface area contributed by atoms with Crippen LogP contribution < -0.4 is 11.1 Å². The van der Waals surface area contributed by atoms with Crippen molar-refractivity contribution in [3.8, 4) is 0 Å². The second kappa shape index (κ2) is 8.05. The Morgan fingerprint density at radius 3 is 2.62 bits per heavy atom. The zero-order chi connectivity index (χ0) is 15.3. The van der Waals surface area contributed by atoms with E-state index in [2.05, 4.69) is 10.1 Å². The predicted octanol–water partition coefficient (Wildman–Crippen LogP) is 1.93. The molecular formula is C14H23ClN2O4. The lowest BCUT2D eigenvalue weighted by atomic mass is 9.96. The summed E-state index contributed by atoms with van der Waals surface area (Å²) in [4.78, 5) is 23.4. The molecule has 7 heteroatoms. The van der Waals surface area contributed by atoms with Crippen molar-refractivity contribution < 1.29 is 18.7 Å². The van der Waals surface area contributed by atoms with Gasteiger partial charge in [-0.05, 0) is 26.3 Å². The van der Waals surface area contributed by atoms with Gasteiger partial charge in [0, 0.05) is 0 Å². The SMILES string of the molecule is CCCC(C)(N)C(=O)NCc1cc(C(=O)OC)c(C)o1.Cl. The first-order chi connectivity index (χ1) is 9.31. The van der Waals surface area contributed by atoms with E-state index in [0.29, 0.717) is 23.5 Å². The number of methoxy groups -OCH3 is 1. The topological polar surface area (TPSA) is 94.6 Å². The molecule has 3 N–H and O–H groups in total. The van der Waals surface area contributed by atoms with Gasteiger partial charge in [-0.2, -0.15) is 0 Å². The zero-order valence-electron chi connectivity index (χ0n) is 12.8. The summed E-state index contributed by atoms with van der Waals surface area (Å²) in [5.41, 5.74) is 5.38. The fourth-order valence-corrected chi connectivity index (χ4v) is 1.95. The fourth-order valence-electron chi connectivity index (χ4n) is 1.95. The van der Waals surface area contributed by atoms with Gasteiger partial charge in [0.2, 0.25) is 5.91 Å². The molecule has 0 saturated heterocycles. The summed E-state index contributed by atoms with van der Waals surface area (Å²) in [6.07, 6.45) is 1.43. The monoisotopic (exact) mass is 318 g/mol. The smallest absolute Gasteiger partial charge is 0.341 e. The van der Waals surface area contributed by atoms with Gasteiger partial charge in [-0.15, -0.1) is 12.4 Å². The van der Waals surface area contributed by atoms with Gasteiger partial charge in [0.15, 0.2) is 0 Å². The van der Waals surface area contributed by atoms with E-state index in [9.17, 15) is 9.59 Å². The van der Waals surface area contributed by atoms with Crippen molar-refractivity contribution in [3.63, 3.8) is 0 Å². The van der Waals surface area contributed by atoms with Crippen molar-refractivity contribution in [2.24, 2.45) is 5.73 Å². The quantitative estimate of drug-likeness (QED) is 0.781. The Morgan fingerprint density at radius 2 is 2.10 bits per heavy atom. The number of carbonyl (C=O) groups is 2. The summed E-state index contributed by atoms with van der Waals surface area (Å²) >= 11 is 0. The third kappa shape index (κ3) is 5.06. The third-order valence-electron chi connectivity index (χ3n) is 3.09. The summed E-state index contributed by atoms with van der Waals surface area (Å²) in [7, 11) is 1.31. The van der Waals surface area contributed by atoms with Crippen LogP contribution in [-0.2, 0) is 16.1 Å². The first-order valence-corrected chi connectivity index (χ1v) is 6.56. The number of furan rings is 1. The Bertz CT molecular complexity index is 497. The van der Waals surface area contributed by atoms with Gasteiger partial charge in [-0.25, -0.2) is 4.79 Å². The number of esters is 1. The van der Waals surface area contributed by atoms with E-state index in [1.165, 1.54) is 7.11 Å². The van der Waals surface area contributed by atoms with E-state index < -0.39 is 11.5 Å². The molecule has 6 nitrogen and oxygen atoms in total. The fraction of sp³-hybridized carbons (Fsp3) is 0.571. The molecule has 1 rings (SSSR count). The van der Waals surface area contributed by atoms with Crippen molar-refractivity contribution in [2.75, 3.05) is 7.11 Å². The zero-order valence-corrected chi connectivity index (χ0v) is 13.6. The lowest BCUT2D eigenvalue weighted by Crippen LogP contribution is -2.51. The van der Waals surface area contributed by atoms with Crippen LogP contribution in [0.25, 0.3) is 0 Å². The van der Waals surface area contributed by atoms with Gasteiger partial charge in [0.25, 0.3) is 0 Å². The maximum atomic E-state index is 11.9. The number of nitrogens with one attached hydrogen (secondary N) is 1. The molecule has 0 aliphatic heterocycles. The number of carbonyl (C=O) groups excluding carboxylic acids is 2. The Labute approximate surface area is 130 Å². The van der Waals surface area contributed by atoms with E-state index >= 15 is 0 Å². The number of amides is 1. The largest absolute Gasteiger partial charge is 0.465 e. The van der Waals surface area contributed by atoms with Crippen molar-refractivity contribution in [1.82, 2.24) is 5.32 Å². The molecule has 1 aromatic rings. The molecule has 1 heterocycles. The van der Waals surface area contributed by atoms with Crippen molar-refractivity contribution in [1.29, 1.82) is 0 Å². The average molecular weight is 319 g/mol. The second-order valence-electron chi connectivity index (χ2n) is 5.02. The highest BCUT2D eigenvalue weighted by Crippen LogP contribution is 2.16. The predicted molar refractivity (Wildman–Crippen MR) is 81.4 cm³/mol. The number of aryl methyl sites for hydroxylation is 1. The van der Waals surface area contributed by atoms with Crippen molar-refractivity contribution in [3.05, 3.63) is 23.2 Å². The van der Waals surface area contributed by atoms with Gasteiger partial charge in [0.1, 0.15) is 17.1 Å². The Kier molecular flexibility index (Phi) is 7.46. The van der Waals surface area contributed by atoms with Crippen LogP contribution in [-0.4, -0.2) is 24.5 Å². The summed E-state index contributed by atoms with van der Waals surface area (Å²) in [6.45, 7) is 5.52. The minimum Gasteiger partial charge on any atom is -0.465 e. The highest BCUT2D eigenvalue weighted by molar-refractivity contribution is 5.90. The molecule has 0 aliphatic carbocycles.